The maximum absolute atomic E-state index is 13.6. The topological polar surface area (TPSA) is 30.0 Å². The summed E-state index contributed by atoms with van der Waals surface area (Å²) in [7, 11) is 0. The van der Waals surface area contributed by atoms with Crippen molar-refractivity contribution in [3.8, 4) is 0 Å². The monoisotopic (exact) mass is 329 g/mol. The lowest BCUT2D eigenvalue weighted by Crippen LogP contribution is -2.01. The first kappa shape index (κ1) is 14.8. The minimum atomic E-state index is -0.230. The molecule has 0 aliphatic heterocycles. The number of fused-ring (bicyclic) bond motifs is 2. The van der Waals surface area contributed by atoms with Gasteiger partial charge in [0.15, 0.2) is 0 Å². The van der Waals surface area contributed by atoms with Gasteiger partial charge in [-0.1, -0.05) is 6.08 Å². The van der Waals surface area contributed by atoms with Crippen LogP contribution in [0.2, 0.25) is 0 Å². The Labute approximate surface area is 139 Å². The average molecular weight is 330 g/mol. The van der Waals surface area contributed by atoms with E-state index in [1.165, 1.54) is 11.6 Å². The van der Waals surface area contributed by atoms with Crippen LogP contribution in [0.25, 0.3) is 16.5 Å². The molecule has 0 spiro atoms. The molecule has 4 rings (SSSR count). The van der Waals surface area contributed by atoms with E-state index in [9.17, 15) is 9.18 Å². The number of rotatable bonds is 3. The van der Waals surface area contributed by atoms with Crippen molar-refractivity contribution in [3.05, 3.63) is 47.9 Å². The fraction of sp³-hybridized carbons (Fsp3) is 0.368. The first-order valence-electron chi connectivity index (χ1n) is 8.04. The molecular weight excluding hydrogens is 313 g/mol. The van der Waals surface area contributed by atoms with Crippen molar-refractivity contribution in [1.29, 1.82) is 0 Å². The van der Waals surface area contributed by atoms with Gasteiger partial charge in [0.25, 0.3) is 0 Å². The fourth-order valence-electron chi connectivity index (χ4n) is 4.32. The number of aromatic nitrogens is 1. The van der Waals surface area contributed by atoms with Crippen molar-refractivity contribution < 1.29 is 9.18 Å². The molecule has 0 saturated heterocycles. The van der Waals surface area contributed by atoms with Crippen molar-refractivity contribution in [2.45, 2.75) is 25.7 Å². The van der Waals surface area contributed by atoms with Crippen molar-refractivity contribution in [2.75, 3.05) is 0 Å². The summed E-state index contributed by atoms with van der Waals surface area (Å²) in [6, 6.07) is 6.73. The molecule has 1 aromatic carbocycles. The Hall–Kier alpha value is -1.74. The number of carbonyl (C=O) groups excluding carboxylic acids is 1. The summed E-state index contributed by atoms with van der Waals surface area (Å²) in [5.41, 5.74) is 3.20. The van der Waals surface area contributed by atoms with Gasteiger partial charge in [-0.25, -0.2) is 4.39 Å². The number of allylic oxidation sites excluding steroid dienone is 2. The molecule has 118 valence electrons. The Balaban J connectivity index is 1.64. The van der Waals surface area contributed by atoms with Crippen LogP contribution in [0.5, 0.6) is 0 Å². The number of hydrogen-bond donors (Lipinski definition) is 0. The van der Waals surface area contributed by atoms with Gasteiger partial charge in [0.1, 0.15) is 5.82 Å². The second-order valence-electron chi connectivity index (χ2n) is 6.74. The highest BCUT2D eigenvalue weighted by atomic mass is 35.5. The molecule has 2 nitrogen and oxygen atoms in total. The number of halogens is 2. The lowest BCUT2D eigenvalue weighted by Gasteiger charge is -2.11. The molecule has 0 N–H and O–H groups in total. The number of pyridine rings is 1. The normalized spacial score (nSPS) is 26.3. The van der Waals surface area contributed by atoms with E-state index in [0.29, 0.717) is 24.2 Å². The Bertz CT molecular complexity index is 816. The first-order valence-corrected chi connectivity index (χ1v) is 8.41. The number of benzene rings is 1. The smallest absolute Gasteiger partial charge is 0.221 e. The summed E-state index contributed by atoms with van der Waals surface area (Å²) in [5.74, 6) is 1.29. The molecule has 2 aliphatic carbocycles. The number of nitrogens with zero attached hydrogens (tertiary/aromatic N) is 1. The van der Waals surface area contributed by atoms with Crippen LogP contribution >= 0.6 is 11.6 Å². The van der Waals surface area contributed by atoms with Crippen molar-refractivity contribution >= 4 is 33.3 Å². The van der Waals surface area contributed by atoms with Gasteiger partial charge < -0.3 is 0 Å². The molecule has 3 atom stereocenters. The minimum absolute atomic E-state index is 0.227. The Morgan fingerprint density at radius 3 is 2.96 bits per heavy atom. The largest absolute Gasteiger partial charge is 0.281 e. The molecule has 1 saturated carbocycles. The summed E-state index contributed by atoms with van der Waals surface area (Å²) in [4.78, 5) is 15.4. The van der Waals surface area contributed by atoms with Gasteiger partial charge in [0, 0.05) is 18.0 Å². The highest BCUT2D eigenvalue weighted by Gasteiger charge is 2.38. The van der Waals surface area contributed by atoms with Crippen molar-refractivity contribution in [2.24, 2.45) is 17.8 Å². The van der Waals surface area contributed by atoms with E-state index in [2.05, 4.69) is 11.1 Å². The molecule has 0 unspecified atom stereocenters. The molecular formula is C19H17ClFNO. The molecule has 23 heavy (non-hydrogen) atoms. The van der Waals surface area contributed by atoms with E-state index >= 15 is 0 Å². The van der Waals surface area contributed by atoms with Crippen LogP contribution in [0, 0.1) is 23.6 Å². The van der Waals surface area contributed by atoms with Crippen LogP contribution in [0.4, 0.5) is 4.39 Å². The van der Waals surface area contributed by atoms with Gasteiger partial charge in [0.2, 0.25) is 5.24 Å². The van der Waals surface area contributed by atoms with Crippen LogP contribution in [0.1, 0.15) is 31.2 Å². The van der Waals surface area contributed by atoms with Crippen LogP contribution in [-0.4, -0.2) is 10.2 Å². The second kappa shape index (κ2) is 5.72. The van der Waals surface area contributed by atoms with E-state index in [1.54, 1.807) is 18.3 Å². The third-order valence-corrected chi connectivity index (χ3v) is 5.40. The van der Waals surface area contributed by atoms with Gasteiger partial charge in [-0.15, -0.1) is 0 Å². The zero-order chi connectivity index (χ0) is 16.0. The zero-order valence-corrected chi connectivity index (χ0v) is 13.4. The Morgan fingerprint density at radius 1 is 1.30 bits per heavy atom. The first-order chi connectivity index (χ1) is 11.1. The lowest BCUT2D eigenvalue weighted by atomic mass is 9.94. The summed E-state index contributed by atoms with van der Waals surface area (Å²) in [5, 5.41) is 0.654. The van der Waals surface area contributed by atoms with Crippen molar-refractivity contribution in [1.82, 2.24) is 4.98 Å². The molecule has 0 radical (unpaired) electrons. The highest BCUT2D eigenvalue weighted by Crippen LogP contribution is 2.49. The quantitative estimate of drug-likeness (QED) is 0.745. The number of carbonyl (C=O) groups is 1. The highest BCUT2D eigenvalue weighted by molar-refractivity contribution is 6.63. The Morgan fingerprint density at radius 2 is 2.17 bits per heavy atom. The standard InChI is InChI=1S/C19H17ClFNO/c20-19(23)7-11-5-12-8-14(9-13(12)6-11)16-3-4-22-18-2-1-15(21)10-17(16)18/h1-4,8,10-13H,5-7,9H2/t11-,12+,13-/m1/s1. The van der Waals surface area contributed by atoms with Gasteiger partial charge in [-0.3, -0.25) is 9.78 Å². The van der Waals surface area contributed by atoms with Crippen LogP contribution in [-0.2, 0) is 4.79 Å². The molecule has 4 heteroatoms. The predicted octanol–water partition coefficient (Wildman–Crippen LogP) is 4.96. The SMILES string of the molecule is O=C(Cl)C[C@H]1C[C@@H]2CC(c3ccnc4ccc(F)cc34)=C[C@@H]2C1. The van der Waals surface area contributed by atoms with Gasteiger partial charge >= 0.3 is 0 Å². The maximum atomic E-state index is 13.6. The molecule has 2 aromatic rings. The summed E-state index contributed by atoms with van der Waals surface area (Å²) in [6.07, 6.45) is 7.68. The third-order valence-electron chi connectivity index (χ3n) is 5.24. The Kier molecular flexibility index (Phi) is 3.68. The molecule has 2 aliphatic rings. The summed E-state index contributed by atoms with van der Waals surface area (Å²) < 4.78 is 13.6. The van der Waals surface area contributed by atoms with E-state index in [4.69, 9.17) is 11.6 Å². The summed E-state index contributed by atoms with van der Waals surface area (Å²) >= 11 is 5.52. The third kappa shape index (κ3) is 2.78. The van der Waals surface area contributed by atoms with E-state index in [1.807, 2.05) is 6.07 Å². The molecule has 1 aromatic heterocycles. The lowest BCUT2D eigenvalue weighted by molar-refractivity contribution is -0.112. The van der Waals surface area contributed by atoms with Crippen molar-refractivity contribution in [3.63, 3.8) is 0 Å². The summed E-state index contributed by atoms with van der Waals surface area (Å²) in [6.45, 7) is 0. The molecule has 1 fully saturated rings. The van der Waals surface area contributed by atoms with Gasteiger partial charge in [-0.05, 0) is 84.0 Å². The van der Waals surface area contributed by atoms with E-state index in [-0.39, 0.29) is 11.1 Å². The van der Waals surface area contributed by atoms with E-state index in [0.717, 1.165) is 35.7 Å². The second-order valence-corrected chi connectivity index (χ2v) is 7.16. The molecule has 0 bridgehead atoms. The molecule has 1 heterocycles. The fourth-order valence-corrected chi connectivity index (χ4v) is 4.53. The predicted molar refractivity (Wildman–Crippen MR) is 89.5 cm³/mol. The molecule has 0 amide bonds. The van der Waals surface area contributed by atoms with Crippen LogP contribution < -0.4 is 0 Å². The number of hydrogen-bond acceptors (Lipinski definition) is 2. The zero-order valence-electron chi connectivity index (χ0n) is 12.6. The van der Waals surface area contributed by atoms with Gasteiger partial charge in [-0.2, -0.15) is 0 Å². The van der Waals surface area contributed by atoms with Crippen LogP contribution in [0.3, 0.4) is 0 Å². The minimum Gasteiger partial charge on any atom is -0.281 e. The van der Waals surface area contributed by atoms with E-state index < -0.39 is 0 Å². The average Bonchev–Trinajstić information content (AvgIpc) is 3.04. The van der Waals surface area contributed by atoms with Crippen LogP contribution in [0.15, 0.2) is 36.5 Å². The van der Waals surface area contributed by atoms with Gasteiger partial charge in [0.05, 0.1) is 5.52 Å². The maximum Gasteiger partial charge on any atom is 0.221 e.